The van der Waals surface area contributed by atoms with Gasteiger partial charge < -0.3 is 13.9 Å². The van der Waals surface area contributed by atoms with Crippen molar-refractivity contribution in [2.45, 2.75) is 0 Å². The number of hydrogen-bond acceptors (Lipinski definition) is 3. The van der Waals surface area contributed by atoms with Crippen molar-refractivity contribution in [1.82, 2.24) is 4.57 Å². The zero-order valence-electron chi connectivity index (χ0n) is 30.2. The normalized spacial score (nSPS) is 11.9. The van der Waals surface area contributed by atoms with E-state index >= 15 is 0 Å². The predicted octanol–water partition coefficient (Wildman–Crippen LogP) is 15.3. The van der Waals surface area contributed by atoms with E-state index in [4.69, 9.17) is 4.42 Å². The van der Waals surface area contributed by atoms with Crippen molar-refractivity contribution in [2.24, 2.45) is 0 Å². The van der Waals surface area contributed by atoms with Gasteiger partial charge >= 0.3 is 0 Å². The number of fused-ring (bicyclic) bond motifs is 11. The molecule has 3 aromatic heterocycles. The molecule has 0 N–H and O–H groups in total. The molecule has 3 nitrogen and oxygen atoms in total. The van der Waals surface area contributed by atoms with Crippen molar-refractivity contribution >= 4 is 103 Å². The Balaban J connectivity index is 1.16. The molecule has 0 aliphatic heterocycles. The number of aromatic nitrogens is 1. The van der Waals surface area contributed by atoms with Gasteiger partial charge in [-0.15, -0.1) is 11.3 Å². The molecule has 0 spiro atoms. The van der Waals surface area contributed by atoms with E-state index in [1.54, 1.807) is 0 Å². The molecule has 0 unspecified atom stereocenters. The number of para-hydroxylation sites is 5. The number of nitrogens with zero attached hydrogens (tertiary/aromatic N) is 2. The first-order chi connectivity index (χ1) is 27.8. The maximum absolute atomic E-state index is 6.71. The number of rotatable bonds is 5. The van der Waals surface area contributed by atoms with Gasteiger partial charge in [-0.1, -0.05) is 133 Å². The van der Waals surface area contributed by atoms with Crippen molar-refractivity contribution in [3.05, 3.63) is 194 Å². The predicted molar refractivity (Wildman–Crippen MR) is 239 cm³/mol. The van der Waals surface area contributed by atoms with Crippen LogP contribution < -0.4 is 4.90 Å². The number of thiophene rings is 1. The van der Waals surface area contributed by atoms with Crippen LogP contribution in [0.4, 0.5) is 17.1 Å². The van der Waals surface area contributed by atoms with Gasteiger partial charge in [-0.25, -0.2) is 0 Å². The fourth-order valence-electron chi connectivity index (χ4n) is 8.96. The van der Waals surface area contributed by atoms with Crippen molar-refractivity contribution < 1.29 is 4.42 Å². The lowest BCUT2D eigenvalue weighted by molar-refractivity contribution is 0.673. The fourth-order valence-corrected chi connectivity index (χ4v) is 10.1. The van der Waals surface area contributed by atoms with E-state index in [-0.39, 0.29) is 0 Å². The van der Waals surface area contributed by atoms with Crippen molar-refractivity contribution in [1.29, 1.82) is 0 Å². The first-order valence-corrected chi connectivity index (χ1v) is 19.8. The highest BCUT2D eigenvalue weighted by molar-refractivity contribution is 7.25. The van der Waals surface area contributed by atoms with Crippen LogP contribution in [-0.2, 0) is 0 Å². The number of furan rings is 1. The smallest absolute Gasteiger partial charge is 0.143 e. The minimum absolute atomic E-state index is 0.882. The summed E-state index contributed by atoms with van der Waals surface area (Å²) in [6.45, 7) is 0. The number of hydrogen-bond donors (Lipinski definition) is 0. The molecule has 12 aromatic rings. The highest BCUT2D eigenvalue weighted by Gasteiger charge is 2.25. The summed E-state index contributed by atoms with van der Waals surface area (Å²) >= 11 is 1.85. The van der Waals surface area contributed by atoms with Crippen molar-refractivity contribution in [2.75, 3.05) is 4.90 Å². The third-order valence-electron chi connectivity index (χ3n) is 11.4. The third-order valence-corrected chi connectivity index (χ3v) is 12.5. The molecule has 0 saturated carbocycles. The lowest BCUT2D eigenvalue weighted by atomic mass is 9.96. The highest BCUT2D eigenvalue weighted by Crippen LogP contribution is 2.48. The Kier molecular flexibility index (Phi) is 6.80. The van der Waals surface area contributed by atoms with Gasteiger partial charge in [0.05, 0.1) is 28.1 Å². The number of benzene rings is 9. The van der Waals surface area contributed by atoms with Gasteiger partial charge in [0.1, 0.15) is 11.2 Å². The Morgan fingerprint density at radius 1 is 0.429 bits per heavy atom. The minimum Gasteiger partial charge on any atom is -0.455 e. The molecule has 0 amide bonds. The molecule has 12 rings (SSSR count). The minimum atomic E-state index is 0.882. The van der Waals surface area contributed by atoms with Crippen LogP contribution >= 0.6 is 11.3 Å². The Bertz CT molecular complexity index is 3460. The molecule has 56 heavy (non-hydrogen) atoms. The fraction of sp³-hybridized carbons (Fsp3) is 0. The van der Waals surface area contributed by atoms with Gasteiger partial charge in [-0.05, 0) is 71.6 Å². The highest BCUT2D eigenvalue weighted by atomic mass is 32.1. The topological polar surface area (TPSA) is 21.3 Å². The van der Waals surface area contributed by atoms with E-state index in [0.29, 0.717) is 0 Å². The SMILES string of the molecule is c1ccc(N(c2ccc3c(c2)sc2ccccc23)c2ccccc2-n2c3ccccc3c3ccccc32)c(-c2cccc3oc4c5ccccc5ccc4c23)c1. The second-order valence-corrected chi connectivity index (χ2v) is 15.5. The van der Waals surface area contributed by atoms with Crippen LogP contribution in [0.3, 0.4) is 0 Å². The van der Waals surface area contributed by atoms with Gasteiger partial charge in [0, 0.05) is 58.4 Å². The van der Waals surface area contributed by atoms with E-state index in [9.17, 15) is 0 Å². The average molecular weight is 733 g/mol. The molecule has 262 valence electrons. The van der Waals surface area contributed by atoms with Crippen LogP contribution in [0.5, 0.6) is 0 Å². The molecule has 0 fully saturated rings. The zero-order chi connectivity index (χ0) is 36.7. The Labute approximate surface area is 326 Å². The van der Waals surface area contributed by atoms with Crippen molar-refractivity contribution in [3.63, 3.8) is 0 Å². The average Bonchev–Trinajstić information content (AvgIpc) is 3.94. The van der Waals surface area contributed by atoms with E-state index < -0.39 is 0 Å². The standard InChI is InChI=1S/C52H32N2OS/c1-2-15-35-33(14-1)28-30-42-51-41(20-13-26-48(51)55-52(35)42)38-18-5-7-21-43(38)53(34-29-31-40-39-19-6-12-27-49(39)56-50(40)32-34)46-24-10-11-25-47(46)54-44-22-8-3-16-36(44)37-17-4-9-23-45(37)54/h1-32H. The summed E-state index contributed by atoms with van der Waals surface area (Å²) in [4.78, 5) is 2.47. The molecule has 0 bridgehead atoms. The van der Waals surface area contributed by atoms with Crippen LogP contribution in [0.25, 0.3) is 91.5 Å². The summed E-state index contributed by atoms with van der Waals surface area (Å²) in [5, 5.41) is 9.58. The molecule has 0 radical (unpaired) electrons. The Morgan fingerprint density at radius 2 is 1.05 bits per heavy atom. The largest absolute Gasteiger partial charge is 0.455 e. The van der Waals surface area contributed by atoms with Crippen LogP contribution in [0.1, 0.15) is 0 Å². The van der Waals surface area contributed by atoms with Crippen LogP contribution in [-0.4, -0.2) is 4.57 Å². The molecule has 4 heteroatoms. The van der Waals surface area contributed by atoms with Crippen molar-refractivity contribution in [3.8, 4) is 16.8 Å². The molecule has 3 heterocycles. The van der Waals surface area contributed by atoms with Gasteiger partial charge in [0.2, 0.25) is 0 Å². The quantitative estimate of drug-likeness (QED) is 0.176. The first kappa shape index (κ1) is 31.2. The molecular formula is C52H32N2OS. The van der Waals surface area contributed by atoms with E-state index in [0.717, 1.165) is 61.2 Å². The lowest BCUT2D eigenvalue weighted by Crippen LogP contribution is -2.14. The Morgan fingerprint density at radius 3 is 1.89 bits per heavy atom. The Hall–Kier alpha value is -7.14. The molecule has 9 aromatic carbocycles. The second kappa shape index (κ2) is 12.2. The van der Waals surface area contributed by atoms with Gasteiger partial charge in [-0.3, -0.25) is 0 Å². The summed E-state index contributed by atoms with van der Waals surface area (Å²) in [6, 6.07) is 70.3. The molecule has 0 atom stereocenters. The van der Waals surface area contributed by atoms with E-state index in [1.165, 1.54) is 47.4 Å². The summed E-state index contributed by atoms with van der Waals surface area (Å²) in [5.74, 6) is 0. The maximum Gasteiger partial charge on any atom is 0.143 e. The van der Waals surface area contributed by atoms with Crippen LogP contribution in [0.15, 0.2) is 199 Å². The summed E-state index contributed by atoms with van der Waals surface area (Å²) in [6.07, 6.45) is 0. The second-order valence-electron chi connectivity index (χ2n) is 14.4. The van der Waals surface area contributed by atoms with Gasteiger partial charge in [0.25, 0.3) is 0 Å². The first-order valence-electron chi connectivity index (χ1n) is 19.0. The molecular weight excluding hydrogens is 701 g/mol. The lowest BCUT2D eigenvalue weighted by Gasteiger charge is -2.30. The summed E-state index contributed by atoms with van der Waals surface area (Å²) in [5.41, 5.74) is 10.8. The van der Waals surface area contributed by atoms with Gasteiger partial charge in [-0.2, -0.15) is 0 Å². The molecule has 0 saturated heterocycles. The number of anilines is 3. The van der Waals surface area contributed by atoms with Gasteiger partial charge in [0.15, 0.2) is 0 Å². The summed E-state index contributed by atoms with van der Waals surface area (Å²) in [7, 11) is 0. The van der Waals surface area contributed by atoms with Crippen LogP contribution in [0.2, 0.25) is 0 Å². The molecule has 0 aliphatic carbocycles. The third kappa shape index (κ3) is 4.57. The van der Waals surface area contributed by atoms with E-state index in [2.05, 4.69) is 204 Å². The van der Waals surface area contributed by atoms with Crippen LogP contribution in [0, 0.1) is 0 Å². The zero-order valence-corrected chi connectivity index (χ0v) is 31.0. The summed E-state index contributed by atoms with van der Waals surface area (Å²) < 4.78 is 11.7. The monoisotopic (exact) mass is 732 g/mol. The molecule has 0 aliphatic rings. The maximum atomic E-state index is 6.71. The van der Waals surface area contributed by atoms with E-state index in [1.807, 2.05) is 11.3 Å².